The van der Waals surface area contributed by atoms with E-state index in [1.165, 1.54) is 38.5 Å². The van der Waals surface area contributed by atoms with Crippen LogP contribution in [-0.2, 0) is 14.6 Å². The quantitative estimate of drug-likeness (QED) is 0.148. The molecule has 0 aliphatic rings. The van der Waals surface area contributed by atoms with Gasteiger partial charge in [0, 0.05) is 5.92 Å². The van der Waals surface area contributed by atoms with Crippen LogP contribution in [0.2, 0.25) is 0 Å². The second-order valence-electron chi connectivity index (χ2n) is 5.93. The predicted molar refractivity (Wildman–Crippen MR) is 90.4 cm³/mol. The molecule has 1 unspecified atom stereocenters. The Balaban J connectivity index is 0. The molecule has 0 bridgehead atoms. The Hall–Kier alpha value is 0.610. The zero-order valence-electron chi connectivity index (χ0n) is 15.3. The molecule has 0 N–H and O–H groups in total. The monoisotopic (exact) mass is 356 g/mol. The molecular weight excluding hydrogens is 323 g/mol. The summed E-state index contributed by atoms with van der Waals surface area (Å²) < 4.78 is 36.2. The maximum Gasteiger partial charge on any atom is 1.00 e. The van der Waals surface area contributed by atoms with Crippen LogP contribution in [-0.4, -0.2) is 19.6 Å². The summed E-state index contributed by atoms with van der Waals surface area (Å²) in [6.45, 7) is 4.34. The maximum absolute atomic E-state index is 10.6. The van der Waals surface area contributed by atoms with E-state index in [1.54, 1.807) is 0 Å². The fourth-order valence-corrected chi connectivity index (χ4v) is 2.74. The molecule has 0 aromatic rings. The average Bonchev–Trinajstić information content (AvgIpc) is 2.46. The molecule has 0 spiro atoms. The van der Waals surface area contributed by atoms with Gasteiger partial charge in [-0.1, -0.05) is 77.4 Å². The van der Waals surface area contributed by atoms with Gasteiger partial charge in [-0.15, -0.1) is 0 Å². The van der Waals surface area contributed by atoms with Crippen molar-refractivity contribution in [1.29, 1.82) is 0 Å². The minimum Gasteiger partial charge on any atom is -0.726 e. The molecule has 0 fully saturated rings. The summed E-state index contributed by atoms with van der Waals surface area (Å²) in [7, 11) is -4.58. The van der Waals surface area contributed by atoms with Crippen LogP contribution >= 0.6 is 0 Å². The smallest absolute Gasteiger partial charge is 0.726 e. The molecule has 132 valence electrons. The molecule has 1 atom stereocenters. The summed E-state index contributed by atoms with van der Waals surface area (Å²) in [6.07, 6.45) is 16.8. The molecule has 23 heavy (non-hydrogen) atoms. The van der Waals surface area contributed by atoms with Crippen LogP contribution in [0, 0.1) is 5.92 Å². The van der Waals surface area contributed by atoms with Crippen molar-refractivity contribution in [2.24, 2.45) is 5.92 Å². The van der Waals surface area contributed by atoms with Crippen molar-refractivity contribution in [3.63, 3.8) is 0 Å². The molecule has 0 radical (unpaired) electrons. The Morgan fingerprint density at radius 3 is 2.13 bits per heavy atom. The predicted octanol–water partition coefficient (Wildman–Crippen LogP) is 1.97. The molecular formula is C17H33NaO4S. The average molecular weight is 357 g/mol. The van der Waals surface area contributed by atoms with Crippen LogP contribution < -0.4 is 29.6 Å². The Morgan fingerprint density at radius 2 is 1.52 bits per heavy atom. The van der Waals surface area contributed by atoms with E-state index in [0.29, 0.717) is 0 Å². The molecule has 0 heterocycles. The van der Waals surface area contributed by atoms with Crippen LogP contribution in [0.15, 0.2) is 12.2 Å². The third-order valence-electron chi connectivity index (χ3n) is 3.74. The molecule has 6 heteroatoms. The van der Waals surface area contributed by atoms with E-state index in [1.807, 2.05) is 6.08 Å². The summed E-state index contributed by atoms with van der Waals surface area (Å²) in [5.41, 5.74) is 0. The van der Waals surface area contributed by atoms with E-state index >= 15 is 0 Å². The number of hydrogen-bond donors (Lipinski definition) is 0. The first-order valence-electron chi connectivity index (χ1n) is 8.76. The standard InChI is InChI=1S/C17H34O4S.Na/c1-3-5-7-9-11-13-15-17(16-21-22(18,19)20)14-12-10-8-6-4-2;/h12,14,17H,3-11,13,15-16H2,1-2H3,(H,18,19,20);/q;+1/p-1/b14-12+;. The van der Waals surface area contributed by atoms with E-state index in [2.05, 4.69) is 24.1 Å². The van der Waals surface area contributed by atoms with E-state index in [9.17, 15) is 13.0 Å². The van der Waals surface area contributed by atoms with Gasteiger partial charge in [0.25, 0.3) is 0 Å². The van der Waals surface area contributed by atoms with Crippen LogP contribution in [0.3, 0.4) is 0 Å². The van der Waals surface area contributed by atoms with Crippen molar-refractivity contribution in [1.82, 2.24) is 0 Å². The SMILES string of the molecule is CCCCC/C=C/C(CCCCCCCC)COS(=O)(=O)[O-].[Na+]. The van der Waals surface area contributed by atoms with Gasteiger partial charge in [0.1, 0.15) is 0 Å². The number of hydrogen-bond acceptors (Lipinski definition) is 4. The summed E-state index contributed by atoms with van der Waals surface area (Å²) in [4.78, 5) is 0. The van der Waals surface area contributed by atoms with Gasteiger partial charge in [-0.25, -0.2) is 8.42 Å². The van der Waals surface area contributed by atoms with Gasteiger partial charge in [0.15, 0.2) is 0 Å². The summed E-state index contributed by atoms with van der Waals surface area (Å²) in [6, 6.07) is 0. The summed E-state index contributed by atoms with van der Waals surface area (Å²) in [5.74, 6) is 0.0246. The molecule has 0 saturated carbocycles. The maximum atomic E-state index is 10.6. The zero-order valence-corrected chi connectivity index (χ0v) is 18.1. The van der Waals surface area contributed by atoms with Gasteiger partial charge >= 0.3 is 29.6 Å². The first kappa shape index (κ1) is 25.8. The molecule has 0 aliphatic carbocycles. The van der Waals surface area contributed by atoms with Gasteiger partial charge in [-0.05, 0) is 19.3 Å². The molecule has 0 aromatic heterocycles. The van der Waals surface area contributed by atoms with E-state index < -0.39 is 10.4 Å². The van der Waals surface area contributed by atoms with Crippen molar-refractivity contribution in [3.05, 3.63) is 12.2 Å². The van der Waals surface area contributed by atoms with E-state index in [4.69, 9.17) is 0 Å². The van der Waals surface area contributed by atoms with Crippen LogP contribution in [0.25, 0.3) is 0 Å². The van der Waals surface area contributed by atoms with Crippen LogP contribution in [0.5, 0.6) is 0 Å². The van der Waals surface area contributed by atoms with Crippen molar-refractivity contribution in [2.45, 2.75) is 84.5 Å². The van der Waals surface area contributed by atoms with Gasteiger partial charge in [0.05, 0.1) is 6.61 Å². The molecule has 0 amide bonds. The third kappa shape index (κ3) is 20.6. The molecule has 0 saturated heterocycles. The van der Waals surface area contributed by atoms with Crippen molar-refractivity contribution >= 4 is 10.4 Å². The Labute approximate surface area is 165 Å². The zero-order chi connectivity index (χ0) is 16.7. The van der Waals surface area contributed by atoms with Gasteiger partial charge < -0.3 is 4.55 Å². The molecule has 0 aromatic carbocycles. The second-order valence-corrected chi connectivity index (χ2v) is 6.99. The first-order chi connectivity index (χ1) is 10.5. The largest absolute Gasteiger partial charge is 1.00 e. The first-order valence-corrected chi connectivity index (χ1v) is 10.1. The Morgan fingerprint density at radius 1 is 0.957 bits per heavy atom. The van der Waals surface area contributed by atoms with Crippen LogP contribution in [0.1, 0.15) is 84.5 Å². The van der Waals surface area contributed by atoms with Crippen molar-refractivity contribution in [3.8, 4) is 0 Å². The van der Waals surface area contributed by atoms with E-state index in [-0.39, 0.29) is 42.1 Å². The molecule has 0 rings (SSSR count). The second kappa shape index (κ2) is 17.4. The van der Waals surface area contributed by atoms with E-state index in [0.717, 1.165) is 32.1 Å². The number of unbranched alkanes of at least 4 members (excludes halogenated alkanes) is 8. The Bertz CT molecular complexity index is 369. The van der Waals surface area contributed by atoms with Gasteiger partial charge in [-0.3, -0.25) is 4.18 Å². The molecule has 4 nitrogen and oxygen atoms in total. The normalized spacial score (nSPS) is 13.2. The molecule has 0 aliphatic heterocycles. The number of allylic oxidation sites excluding steroid dienone is 1. The minimum atomic E-state index is -4.58. The van der Waals surface area contributed by atoms with Gasteiger partial charge in [-0.2, -0.15) is 0 Å². The summed E-state index contributed by atoms with van der Waals surface area (Å²) >= 11 is 0. The third-order valence-corrected chi connectivity index (χ3v) is 4.16. The van der Waals surface area contributed by atoms with Crippen molar-refractivity contribution < 1.29 is 46.7 Å². The van der Waals surface area contributed by atoms with Gasteiger partial charge in [0.2, 0.25) is 10.4 Å². The fourth-order valence-electron chi connectivity index (χ4n) is 2.39. The van der Waals surface area contributed by atoms with Crippen molar-refractivity contribution in [2.75, 3.05) is 6.61 Å². The summed E-state index contributed by atoms with van der Waals surface area (Å²) in [5, 5.41) is 0. The Kier molecular flexibility index (Phi) is 19.6. The number of rotatable bonds is 15. The minimum absolute atomic E-state index is 0. The van der Waals surface area contributed by atoms with Crippen LogP contribution in [0.4, 0.5) is 0 Å². The fraction of sp³-hybridized carbons (Fsp3) is 0.882. The topological polar surface area (TPSA) is 66.4 Å².